The molecule has 9 heteroatoms. The van der Waals surface area contributed by atoms with Gasteiger partial charge in [0, 0.05) is 19.2 Å². The van der Waals surface area contributed by atoms with Gasteiger partial charge in [-0.05, 0) is 43.0 Å². The number of carbonyl (C=O) groups is 3. The van der Waals surface area contributed by atoms with Crippen molar-refractivity contribution in [2.45, 2.75) is 37.8 Å². The fourth-order valence-corrected chi connectivity index (χ4v) is 4.05. The fourth-order valence-electron chi connectivity index (χ4n) is 4.05. The number of hydrogen-bond donors (Lipinski definition) is 2. The monoisotopic (exact) mass is 438 g/mol. The SMILES string of the molecule is NC(=O)c1cncc(NC(=O)C(=O)N2CCCC[C@H]2c2ccc(OC3CCOC3)cc2)c1. The molecule has 0 radical (unpaired) electrons. The maximum absolute atomic E-state index is 13.0. The summed E-state index contributed by atoms with van der Waals surface area (Å²) in [6, 6.07) is 8.88. The quantitative estimate of drug-likeness (QED) is 0.689. The van der Waals surface area contributed by atoms with Crippen molar-refractivity contribution in [1.82, 2.24) is 9.88 Å². The second-order valence-corrected chi connectivity index (χ2v) is 7.96. The van der Waals surface area contributed by atoms with Gasteiger partial charge in [0.25, 0.3) is 0 Å². The van der Waals surface area contributed by atoms with Crippen LogP contribution in [0.3, 0.4) is 0 Å². The molecule has 3 heterocycles. The maximum atomic E-state index is 13.0. The van der Waals surface area contributed by atoms with Gasteiger partial charge in [0.1, 0.15) is 11.9 Å². The number of pyridine rings is 1. The Labute approximate surface area is 185 Å². The predicted molar refractivity (Wildman–Crippen MR) is 116 cm³/mol. The summed E-state index contributed by atoms with van der Waals surface area (Å²) in [6.45, 7) is 1.81. The van der Waals surface area contributed by atoms with Crippen LogP contribution in [-0.2, 0) is 14.3 Å². The zero-order valence-corrected chi connectivity index (χ0v) is 17.7. The molecule has 2 aliphatic rings. The number of rotatable bonds is 5. The van der Waals surface area contributed by atoms with Crippen LogP contribution in [-0.4, -0.2) is 53.5 Å². The van der Waals surface area contributed by atoms with E-state index in [9.17, 15) is 14.4 Å². The number of nitrogens with one attached hydrogen (secondary N) is 1. The third kappa shape index (κ3) is 5.05. The molecule has 0 saturated carbocycles. The van der Waals surface area contributed by atoms with Crippen LogP contribution in [0.15, 0.2) is 42.7 Å². The fraction of sp³-hybridized carbons (Fsp3) is 0.391. The molecule has 2 atom stereocenters. The van der Waals surface area contributed by atoms with Gasteiger partial charge in [-0.3, -0.25) is 19.4 Å². The van der Waals surface area contributed by atoms with Crippen molar-refractivity contribution >= 4 is 23.4 Å². The van der Waals surface area contributed by atoms with Crippen LogP contribution < -0.4 is 15.8 Å². The lowest BCUT2D eigenvalue weighted by Crippen LogP contribution is -2.44. The van der Waals surface area contributed by atoms with Crippen LogP contribution in [0, 0.1) is 0 Å². The first-order valence-electron chi connectivity index (χ1n) is 10.7. The topological polar surface area (TPSA) is 124 Å². The molecule has 9 nitrogen and oxygen atoms in total. The largest absolute Gasteiger partial charge is 0.488 e. The molecular weight excluding hydrogens is 412 g/mol. The lowest BCUT2D eigenvalue weighted by Gasteiger charge is -2.35. The van der Waals surface area contributed by atoms with E-state index in [-0.39, 0.29) is 23.4 Å². The molecule has 1 aromatic carbocycles. The Bertz CT molecular complexity index is 988. The molecular formula is C23H26N4O5. The summed E-state index contributed by atoms with van der Waals surface area (Å²) in [5, 5.41) is 2.52. The number of ether oxygens (including phenoxy) is 2. The van der Waals surface area contributed by atoms with Crippen LogP contribution in [0.2, 0.25) is 0 Å². The number of anilines is 1. The highest BCUT2D eigenvalue weighted by Crippen LogP contribution is 2.32. The lowest BCUT2D eigenvalue weighted by molar-refractivity contribution is -0.145. The van der Waals surface area contributed by atoms with Crippen molar-refractivity contribution in [3.63, 3.8) is 0 Å². The minimum atomic E-state index is -0.776. The van der Waals surface area contributed by atoms with Crippen molar-refractivity contribution in [2.75, 3.05) is 25.1 Å². The van der Waals surface area contributed by atoms with E-state index in [1.165, 1.54) is 18.5 Å². The summed E-state index contributed by atoms with van der Waals surface area (Å²) in [6.07, 6.45) is 6.18. The maximum Gasteiger partial charge on any atom is 0.313 e. The van der Waals surface area contributed by atoms with Gasteiger partial charge in [0.2, 0.25) is 5.91 Å². The molecule has 2 fully saturated rings. The lowest BCUT2D eigenvalue weighted by atomic mass is 9.95. The Kier molecular flexibility index (Phi) is 6.65. The van der Waals surface area contributed by atoms with Gasteiger partial charge in [0.05, 0.1) is 36.7 Å². The van der Waals surface area contributed by atoms with Crippen molar-refractivity contribution < 1.29 is 23.9 Å². The number of amides is 3. The van der Waals surface area contributed by atoms with Crippen LogP contribution in [0.1, 0.15) is 47.6 Å². The average Bonchev–Trinajstić information content (AvgIpc) is 3.32. The normalized spacial score (nSPS) is 20.6. The van der Waals surface area contributed by atoms with Crippen LogP contribution in [0.25, 0.3) is 0 Å². The minimum Gasteiger partial charge on any atom is -0.488 e. The third-order valence-corrected chi connectivity index (χ3v) is 5.69. The Hall–Kier alpha value is -3.46. The highest BCUT2D eigenvalue weighted by atomic mass is 16.5. The summed E-state index contributed by atoms with van der Waals surface area (Å²) >= 11 is 0. The zero-order valence-electron chi connectivity index (χ0n) is 17.7. The van der Waals surface area contributed by atoms with Gasteiger partial charge in [0.15, 0.2) is 0 Å². The van der Waals surface area contributed by atoms with Gasteiger partial charge in [-0.25, -0.2) is 0 Å². The standard InChI is InChI=1S/C23H26N4O5/c24-21(28)16-11-17(13-25-12-16)26-22(29)23(30)27-9-2-1-3-20(27)15-4-6-18(7-5-15)32-19-8-10-31-14-19/h4-7,11-13,19-20H,1-3,8-10,14H2,(H2,24,28)(H,26,29)/t19?,20-/m0/s1. The number of piperidine rings is 1. The molecule has 168 valence electrons. The van der Waals surface area contributed by atoms with Crippen LogP contribution in [0.4, 0.5) is 5.69 Å². The Balaban J connectivity index is 1.44. The number of nitrogens with zero attached hydrogens (tertiary/aromatic N) is 2. The highest BCUT2D eigenvalue weighted by molar-refractivity contribution is 6.39. The molecule has 3 N–H and O–H groups in total. The molecule has 0 aliphatic carbocycles. The van der Waals surface area contributed by atoms with Crippen LogP contribution >= 0.6 is 0 Å². The molecule has 0 bridgehead atoms. The molecule has 1 aromatic heterocycles. The minimum absolute atomic E-state index is 0.0693. The van der Waals surface area contributed by atoms with Crippen molar-refractivity contribution in [1.29, 1.82) is 0 Å². The molecule has 0 spiro atoms. The number of carbonyl (C=O) groups excluding carboxylic acids is 3. The molecule has 3 amide bonds. The number of benzene rings is 1. The van der Waals surface area contributed by atoms with E-state index in [1.54, 1.807) is 4.90 Å². The van der Waals surface area contributed by atoms with Gasteiger partial charge in [-0.1, -0.05) is 12.1 Å². The summed E-state index contributed by atoms with van der Waals surface area (Å²) < 4.78 is 11.3. The first-order chi connectivity index (χ1) is 15.5. The number of primary amides is 1. The van der Waals surface area contributed by atoms with Crippen LogP contribution in [0.5, 0.6) is 5.75 Å². The summed E-state index contributed by atoms with van der Waals surface area (Å²) in [7, 11) is 0. The Morgan fingerprint density at radius 1 is 1.12 bits per heavy atom. The van der Waals surface area contributed by atoms with Gasteiger partial charge < -0.3 is 25.4 Å². The average molecular weight is 438 g/mol. The first kappa shape index (κ1) is 21.8. The molecule has 1 unspecified atom stereocenters. The van der Waals surface area contributed by atoms with Gasteiger partial charge >= 0.3 is 11.8 Å². The predicted octanol–water partition coefficient (Wildman–Crippen LogP) is 2.04. The van der Waals surface area contributed by atoms with Gasteiger partial charge in [-0.2, -0.15) is 0 Å². The zero-order chi connectivity index (χ0) is 22.5. The van der Waals surface area contributed by atoms with Crippen molar-refractivity contribution in [3.05, 3.63) is 53.9 Å². The smallest absolute Gasteiger partial charge is 0.313 e. The molecule has 2 aliphatic heterocycles. The van der Waals surface area contributed by atoms with E-state index < -0.39 is 17.7 Å². The number of likely N-dealkylation sites (tertiary alicyclic amines) is 1. The van der Waals surface area contributed by atoms with E-state index >= 15 is 0 Å². The van der Waals surface area contributed by atoms with E-state index in [4.69, 9.17) is 15.2 Å². The summed E-state index contributed by atoms with van der Waals surface area (Å²) in [4.78, 5) is 42.4. The van der Waals surface area contributed by atoms with E-state index in [2.05, 4.69) is 10.3 Å². The molecule has 4 rings (SSSR count). The summed E-state index contributed by atoms with van der Waals surface area (Å²) in [5.74, 6) is -1.30. The molecule has 2 saturated heterocycles. The number of aromatic nitrogens is 1. The van der Waals surface area contributed by atoms with E-state index in [0.717, 1.165) is 37.0 Å². The second-order valence-electron chi connectivity index (χ2n) is 7.96. The van der Waals surface area contributed by atoms with Crippen molar-refractivity contribution in [2.24, 2.45) is 5.73 Å². The second kappa shape index (κ2) is 9.78. The first-order valence-corrected chi connectivity index (χ1v) is 10.7. The third-order valence-electron chi connectivity index (χ3n) is 5.69. The Morgan fingerprint density at radius 2 is 1.94 bits per heavy atom. The number of hydrogen-bond acceptors (Lipinski definition) is 6. The molecule has 2 aromatic rings. The van der Waals surface area contributed by atoms with Gasteiger partial charge in [-0.15, -0.1) is 0 Å². The van der Waals surface area contributed by atoms with E-state index in [0.29, 0.717) is 19.8 Å². The highest BCUT2D eigenvalue weighted by Gasteiger charge is 2.32. The molecule has 32 heavy (non-hydrogen) atoms. The van der Waals surface area contributed by atoms with Crippen molar-refractivity contribution in [3.8, 4) is 5.75 Å². The Morgan fingerprint density at radius 3 is 2.66 bits per heavy atom. The van der Waals surface area contributed by atoms with E-state index in [1.807, 2.05) is 24.3 Å². The number of nitrogens with two attached hydrogens (primary N) is 1. The summed E-state index contributed by atoms with van der Waals surface area (Å²) in [5.41, 5.74) is 6.60.